The van der Waals surface area contributed by atoms with Gasteiger partial charge in [-0.25, -0.2) is 4.79 Å². The number of carbonyl (C=O) groups is 2. The highest BCUT2D eigenvalue weighted by Gasteiger charge is 2.51. The van der Waals surface area contributed by atoms with Crippen LogP contribution in [-0.2, 0) is 14.9 Å². The van der Waals surface area contributed by atoms with Crippen molar-refractivity contribution in [1.82, 2.24) is 10.1 Å². The van der Waals surface area contributed by atoms with Gasteiger partial charge in [-0.05, 0) is 61.6 Å². The summed E-state index contributed by atoms with van der Waals surface area (Å²) < 4.78 is 11.1. The predicted molar refractivity (Wildman–Crippen MR) is 152 cm³/mol. The minimum atomic E-state index is -0.771. The number of benzene rings is 3. The molecule has 3 N–H and O–H groups in total. The second-order valence-electron chi connectivity index (χ2n) is 10.1. The number of aryl methyl sites for hydroxylation is 1. The Labute approximate surface area is 234 Å². The van der Waals surface area contributed by atoms with Gasteiger partial charge in [0.25, 0.3) is 0 Å². The molecule has 0 saturated heterocycles. The predicted octanol–water partition coefficient (Wildman–Crippen LogP) is 7.88. The van der Waals surface area contributed by atoms with Crippen molar-refractivity contribution >= 4 is 40.3 Å². The van der Waals surface area contributed by atoms with Gasteiger partial charge in [0, 0.05) is 27.2 Å². The number of aromatic nitrogens is 2. The Balaban J connectivity index is 1.28. The smallest absolute Gasteiger partial charge is 0.412 e. The highest BCUT2D eigenvalue weighted by Crippen LogP contribution is 2.49. The van der Waals surface area contributed by atoms with Crippen LogP contribution in [0.3, 0.4) is 0 Å². The van der Waals surface area contributed by atoms with Gasteiger partial charge in [-0.3, -0.25) is 10.1 Å². The summed E-state index contributed by atoms with van der Waals surface area (Å²) in [4.78, 5) is 27.9. The lowest BCUT2D eigenvalue weighted by Crippen LogP contribution is -2.19. The lowest BCUT2D eigenvalue weighted by Gasteiger charge is -2.15. The number of amides is 1. The molecular formula is C31H26ClN3O5. The average Bonchev–Trinajstić information content (AvgIpc) is 3.48. The van der Waals surface area contributed by atoms with Crippen LogP contribution in [-0.4, -0.2) is 27.3 Å². The third-order valence-corrected chi connectivity index (χ3v) is 7.86. The van der Waals surface area contributed by atoms with Crippen LogP contribution in [0.1, 0.15) is 42.7 Å². The van der Waals surface area contributed by atoms with Gasteiger partial charge in [0.1, 0.15) is 11.8 Å². The number of aromatic amines is 1. The van der Waals surface area contributed by atoms with E-state index in [1.165, 1.54) is 6.20 Å². The Bertz CT molecular complexity index is 1750. The number of fused-ring (bicyclic) bond motifs is 1. The largest absolute Gasteiger partial charge is 0.481 e. The van der Waals surface area contributed by atoms with E-state index < -0.39 is 23.6 Å². The molecule has 0 aliphatic heterocycles. The van der Waals surface area contributed by atoms with Crippen molar-refractivity contribution in [2.24, 2.45) is 0 Å². The van der Waals surface area contributed by atoms with Gasteiger partial charge in [0.15, 0.2) is 5.76 Å². The van der Waals surface area contributed by atoms with Gasteiger partial charge < -0.3 is 19.4 Å². The number of anilines is 1. The molecule has 5 aromatic rings. The monoisotopic (exact) mass is 555 g/mol. The number of hydrogen-bond acceptors (Lipinski definition) is 5. The zero-order valence-corrected chi connectivity index (χ0v) is 22.6. The summed E-state index contributed by atoms with van der Waals surface area (Å²) in [5.74, 6) is -0.389. The lowest BCUT2D eigenvalue weighted by molar-refractivity contribution is -0.140. The average molecular weight is 556 g/mol. The zero-order valence-electron chi connectivity index (χ0n) is 21.8. The molecule has 8 nitrogen and oxygen atoms in total. The molecule has 40 heavy (non-hydrogen) atoms. The minimum absolute atomic E-state index is 0.366. The van der Waals surface area contributed by atoms with Crippen LogP contribution in [0.15, 0.2) is 77.4 Å². The third-order valence-electron chi connectivity index (χ3n) is 7.52. The summed E-state index contributed by atoms with van der Waals surface area (Å²) >= 11 is 6.24. The number of rotatable bonds is 7. The second kappa shape index (κ2) is 9.88. The molecule has 0 bridgehead atoms. The van der Waals surface area contributed by atoms with Gasteiger partial charge in [-0.1, -0.05) is 65.3 Å². The number of halogens is 1. The van der Waals surface area contributed by atoms with E-state index in [2.05, 4.69) is 15.5 Å². The summed E-state index contributed by atoms with van der Waals surface area (Å²) in [6.45, 7) is 3.71. The van der Waals surface area contributed by atoms with Crippen molar-refractivity contribution in [1.29, 1.82) is 0 Å². The van der Waals surface area contributed by atoms with Crippen LogP contribution in [0.2, 0.25) is 5.02 Å². The summed E-state index contributed by atoms with van der Waals surface area (Å²) in [6.07, 6.45) is 1.53. The van der Waals surface area contributed by atoms with Crippen LogP contribution in [0, 0.1) is 6.92 Å². The highest BCUT2D eigenvalue weighted by atomic mass is 35.5. The maximum atomic E-state index is 12.7. The molecule has 2 heterocycles. The molecular weight excluding hydrogens is 530 g/mol. The van der Waals surface area contributed by atoms with E-state index in [-0.39, 0.29) is 0 Å². The van der Waals surface area contributed by atoms with Gasteiger partial charge in [-0.15, -0.1) is 0 Å². The van der Waals surface area contributed by atoms with Gasteiger partial charge in [-0.2, -0.15) is 0 Å². The molecule has 0 spiro atoms. The van der Waals surface area contributed by atoms with E-state index in [9.17, 15) is 14.7 Å². The molecule has 1 atom stereocenters. The van der Waals surface area contributed by atoms with Crippen LogP contribution in [0.4, 0.5) is 10.5 Å². The van der Waals surface area contributed by atoms with E-state index in [1.54, 1.807) is 19.1 Å². The molecule has 1 aliphatic rings. The summed E-state index contributed by atoms with van der Waals surface area (Å²) in [5.41, 5.74) is 5.59. The summed E-state index contributed by atoms with van der Waals surface area (Å²) in [6, 6.07) is 20.9. The number of hydrogen-bond donors (Lipinski definition) is 3. The van der Waals surface area contributed by atoms with Crippen LogP contribution in [0.25, 0.3) is 33.4 Å². The fourth-order valence-electron chi connectivity index (χ4n) is 5.21. The van der Waals surface area contributed by atoms with Gasteiger partial charge in [0.05, 0.1) is 17.1 Å². The van der Waals surface area contributed by atoms with Gasteiger partial charge in [0.2, 0.25) is 0 Å². The molecule has 9 heteroatoms. The Kier molecular flexibility index (Phi) is 6.35. The number of ether oxygens (including phenoxy) is 1. The molecule has 1 aliphatic carbocycles. The van der Waals surface area contributed by atoms with Crippen molar-refractivity contribution in [2.45, 2.75) is 38.2 Å². The number of nitrogens with zero attached hydrogens (tertiary/aromatic N) is 1. The van der Waals surface area contributed by atoms with Crippen LogP contribution in [0.5, 0.6) is 0 Å². The lowest BCUT2D eigenvalue weighted by atomic mass is 9.92. The maximum Gasteiger partial charge on any atom is 0.412 e. The van der Waals surface area contributed by atoms with Crippen molar-refractivity contribution < 1.29 is 24.0 Å². The van der Waals surface area contributed by atoms with E-state index in [4.69, 9.17) is 20.9 Å². The Morgan fingerprint density at radius 2 is 1.82 bits per heavy atom. The molecule has 1 unspecified atom stereocenters. The maximum absolute atomic E-state index is 12.7. The number of aliphatic carboxylic acids is 1. The number of H-pyrrole nitrogens is 1. The third kappa shape index (κ3) is 4.50. The molecule has 3 aromatic carbocycles. The molecule has 6 rings (SSSR count). The topological polar surface area (TPSA) is 117 Å². The van der Waals surface area contributed by atoms with Crippen molar-refractivity contribution in [3.63, 3.8) is 0 Å². The Hall–Kier alpha value is -4.56. The standard InChI is InChI=1S/C31H26ClN3O5/c1-17-15-24-22(19-7-9-20(10-8-19)31(13-14-31)29(36)37)11-12-23(27(24)34-17)28-26(16-33-40-28)35-30(38)39-18(2)21-5-3-4-6-25(21)32/h3-12,15-16,18,34H,13-14H2,1-2H3,(H,35,38)(H,36,37). The second-order valence-corrected chi connectivity index (χ2v) is 10.5. The first-order valence-electron chi connectivity index (χ1n) is 12.9. The van der Waals surface area contributed by atoms with E-state index >= 15 is 0 Å². The number of carboxylic acids is 1. The van der Waals surface area contributed by atoms with E-state index in [1.807, 2.05) is 61.5 Å². The number of nitrogens with one attached hydrogen (secondary N) is 2. The van der Waals surface area contributed by atoms with Crippen molar-refractivity contribution in [2.75, 3.05) is 5.32 Å². The fourth-order valence-corrected chi connectivity index (χ4v) is 5.50. The normalized spacial score (nSPS) is 14.6. The van der Waals surface area contributed by atoms with Crippen molar-refractivity contribution in [3.05, 3.63) is 94.8 Å². The van der Waals surface area contributed by atoms with E-state index in [0.29, 0.717) is 34.9 Å². The quantitative estimate of drug-likeness (QED) is 0.188. The molecule has 2 aromatic heterocycles. The fraction of sp³-hybridized carbons (Fsp3) is 0.194. The van der Waals surface area contributed by atoms with Crippen LogP contribution < -0.4 is 5.32 Å². The molecule has 1 amide bonds. The summed E-state index contributed by atoms with van der Waals surface area (Å²) in [7, 11) is 0. The van der Waals surface area contributed by atoms with Crippen LogP contribution >= 0.6 is 11.6 Å². The van der Waals surface area contributed by atoms with Gasteiger partial charge >= 0.3 is 12.1 Å². The van der Waals surface area contributed by atoms with Crippen molar-refractivity contribution in [3.8, 4) is 22.5 Å². The summed E-state index contributed by atoms with van der Waals surface area (Å²) in [5, 5.41) is 17.8. The SMILES string of the molecule is Cc1cc2c(-c3ccc(C4(C(=O)O)CC4)cc3)ccc(-c3oncc3NC(=O)OC(C)c3ccccc3Cl)c2[nH]1. The van der Waals surface area contributed by atoms with E-state index in [0.717, 1.165) is 38.9 Å². The number of carboxylic acid groups (broad SMARTS) is 1. The number of carbonyl (C=O) groups excluding carboxylic acids is 1. The minimum Gasteiger partial charge on any atom is -0.481 e. The Morgan fingerprint density at radius 3 is 2.52 bits per heavy atom. The molecule has 1 fully saturated rings. The first-order chi connectivity index (χ1) is 19.3. The first-order valence-corrected chi connectivity index (χ1v) is 13.3. The zero-order chi connectivity index (χ0) is 28.0. The molecule has 202 valence electrons. The highest BCUT2D eigenvalue weighted by molar-refractivity contribution is 6.31. The molecule has 1 saturated carbocycles. The Morgan fingerprint density at radius 1 is 1.10 bits per heavy atom. The first kappa shape index (κ1) is 25.7. The molecule has 0 radical (unpaired) electrons.